The van der Waals surface area contributed by atoms with Crippen LogP contribution in [0, 0.1) is 15.9 Å². The number of benzene rings is 1. The predicted molar refractivity (Wildman–Crippen MR) is 79.9 cm³/mol. The molecule has 1 heterocycles. The summed E-state index contributed by atoms with van der Waals surface area (Å²) in [4.78, 5) is 24.9. The van der Waals surface area contributed by atoms with Crippen LogP contribution in [0.2, 0.25) is 5.02 Å². The molecule has 0 amide bonds. The number of ether oxygens (including phenoxy) is 3. The fraction of sp³-hybridized carbons (Fsp3) is 0.143. The molecule has 2 aromatic rings. The summed E-state index contributed by atoms with van der Waals surface area (Å²) in [5.74, 6) is -1.93. The smallest absolute Gasteiger partial charge is 0.343 e. The summed E-state index contributed by atoms with van der Waals surface area (Å²) >= 11 is 5.84. The number of methoxy groups -OCH3 is 1. The van der Waals surface area contributed by atoms with Gasteiger partial charge in [-0.1, -0.05) is 11.6 Å². The van der Waals surface area contributed by atoms with E-state index in [-0.39, 0.29) is 22.4 Å². The van der Waals surface area contributed by atoms with E-state index >= 15 is 0 Å². The molecule has 1 aromatic carbocycles. The van der Waals surface area contributed by atoms with E-state index in [4.69, 9.17) is 21.1 Å². The van der Waals surface area contributed by atoms with Crippen LogP contribution >= 0.6 is 11.6 Å². The number of carbonyl (C=O) groups excluding carboxylic acids is 1. The molecular weight excluding hydrogens is 347 g/mol. The van der Waals surface area contributed by atoms with Gasteiger partial charge in [0.2, 0.25) is 5.82 Å². The van der Waals surface area contributed by atoms with Crippen LogP contribution in [0.1, 0.15) is 0 Å². The van der Waals surface area contributed by atoms with Gasteiger partial charge in [0.25, 0.3) is 5.88 Å². The molecule has 0 saturated heterocycles. The first-order chi connectivity index (χ1) is 11.4. The fourth-order valence-corrected chi connectivity index (χ4v) is 1.79. The van der Waals surface area contributed by atoms with Crippen molar-refractivity contribution in [1.29, 1.82) is 0 Å². The van der Waals surface area contributed by atoms with E-state index in [1.807, 2.05) is 0 Å². The third-order valence-corrected chi connectivity index (χ3v) is 3.00. The van der Waals surface area contributed by atoms with Crippen molar-refractivity contribution in [3.8, 4) is 17.4 Å². The molecule has 2 rings (SSSR count). The van der Waals surface area contributed by atoms with Crippen LogP contribution in [-0.4, -0.2) is 29.6 Å². The average molecular weight is 357 g/mol. The molecule has 24 heavy (non-hydrogen) atoms. The lowest BCUT2D eigenvalue weighted by Gasteiger charge is -2.11. The molecule has 0 fully saturated rings. The van der Waals surface area contributed by atoms with Gasteiger partial charge in [0, 0.05) is 12.3 Å². The first-order valence-electron chi connectivity index (χ1n) is 6.38. The van der Waals surface area contributed by atoms with E-state index in [0.29, 0.717) is 0 Å². The number of nitro benzene ring substituents is 1. The van der Waals surface area contributed by atoms with E-state index in [2.05, 4.69) is 9.72 Å². The number of esters is 1. The SMILES string of the molecule is COC(=O)COc1ncccc1Oc1cc([N+](=O)[O-])c(F)cc1Cl. The van der Waals surface area contributed by atoms with Crippen LogP contribution in [0.15, 0.2) is 30.5 Å². The molecule has 0 bridgehead atoms. The van der Waals surface area contributed by atoms with Gasteiger partial charge >= 0.3 is 11.7 Å². The summed E-state index contributed by atoms with van der Waals surface area (Å²) in [5.41, 5.74) is -0.796. The highest BCUT2D eigenvalue weighted by molar-refractivity contribution is 6.32. The molecule has 0 saturated carbocycles. The Balaban J connectivity index is 2.30. The number of nitro groups is 1. The average Bonchev–Trinajstić information content (AvgIpc) is 2.55. The first kappa shape index (κ1) is 17.4. The Morgan fingerprint density at radius 2 is 2.17 bits per heavy atom. The lowest BCUT2D eigenvalue weighted by atomic mass is 10.3. The van der Waals surface area contributed by atoms with Gasteiger partial charge in [-0.05, 0) is 12.1 Å². The highest BCUT2D eigenvalue weighted by Gasteiger charge is 2.20. The Morgan fingerprint density at radius 3 is 2.83 bits per heavy atom. The fourth-order valence-electron chi connectivity index (χ4n) is 1.60. The van der Waals surface area contributed by atoms with E-state index in [9.17, 15) is 19.3 Å². The van der Waals surface area contributed by atoms with Gasteiger partial charge in [-0.15, -0.1) is 0 Å². The largest absolute Gasteiger partial charge is 0.466 e. The quantitative estimate of drug-likeness (QED) is 0.445. The molecule has 8 nitrogen and oxygen atoms in total. The van der Waals surface area contributed by atoms with Gasteiger partial charge in [-0.3, -0.25) is 10.1 Å². The Bertz CT molecular complexity index is 786. The monoisotopic (exact) mass is 356 g/mol. The van der Waals surface area contributed by atoms with Crippen molar-refractivity contribution in [2.24, 2.45) is 0 Å². The number of rotatable bonds is 6. The van der Waals surface area contributed by atoms with Gasteiger partial charge < -0.3 is 14.2 Å². The minimum atomic E-state index is -1.09. The second-order valence-electron chi connectivity index (χ2n) is 4.26. The van der Waals surface area contributed by atoms with Crippen LogP contribution in [-0.2, 0) is 9.53 Å². The molecule has 0 N–H and O–H groups in total. The Labute approximate surface area is 139 Å². The molecule has 0 spiro atoms. The Morgan fingerprint density at radius 1 is 1.42 bits per heavy atom. The maximum absolute atomic E-state index is 13.5. The van der Waals surface area contributed by atoms with E-state index in [1.54, 1.807) is 0 Å². The summed E-state index contributed by atoms with van der Waals surface area (Å²) in [6.45, 7) is -0.416. The third-order valence-electron chi connectivity index (χ3n) is 2.71. The molecule has 1 aromatic heterocycles. The number of hydrogen-bond donors (Lipinski definition) is 0. The number of carbonyl (C=O) groups is 1. The maximum Gasteiger partial charge on any atom is 0.343 e. The van der Waals surface area contributed by atoms with Gasteiger partial charge in [-0.25, -0.2) is 9.78 Å². The summed E-state index contributed by atoms with van der Waals surface area (Å²) < 4.78 is 28.5. The summed E-state index contributed by atoms with van der Waals surface area (Å²) in [6, 6.07) is 4.55. The molecule has 0 atom stereocenters. The minimum Gasteiger partial charge on any atom is -0.466 e. The van der Waals surface area contributed by atoms with Crippen molar-refractivity contribution in [3.05, 3.63) is 51.4 Å². The molecule has 0 aliphatic rings. The number of aromatic nitrogens is 1. The minimum absolute atomic E-state index is 0.0317. The van der Waals surface area contributed by atoms with Gasteiger partial charge in [0.1, 0.15) is 0 Å². The number of hydrogen-bond acceptors (Lipinski definition) is 7. The van der Waals surface area contributed by atoms with Crippen molar-refractivity contribution >= 4 is 23.3 Å². The first-order valence-corrected chi connectivity index (χ1v) is 6.76. The van der Waals surface area contributed by atoms with E-state index in [0.717, 1.165) is 12.1 Å². The zero-order chi connectivity index (χ0) is 17.7. The molecule has 0 radical (unpaired) electrons. The van der Waals surface area contributed by atoms with Crippen molar-refractivity contribution in [2.45, 2.75) is 0 Å². The second kappa shape index (κ2) is 7.55. The summed E-state index contributed by atoms with van der Waals surface area (Å²) in [5, 5.41) is 10.6. The van der Waals surface area contributed by atoms with Crippen LogP contribution in [0.4, 0.5) is 10.1 Å². The Kier molecular flexibility index (Phi) is 5.48. The topological polar surface area (TPSA) is 101 Å². The highest BCUT2D eigenvalue weighted by Crippen LogP contribution is 2.37. The molecule has 10 heteroatoms. The molecular formula is C14H10ClFN2O6. The van der Waals surface area contributed by atoms with Crippen molar-refractivity contribution in [3.63, 3.8) is 0 Å². The molecule has 126 valence electrons. The van der Waals surface area contributed by atoms with E-state index in [1.165, 1.54) is 25.4 Å². The number of pyridine rings is 1. The van der Waals surface area contributed by atoms with Crippen LogP contribution in [0.5, 0.6) is 17.4 Å². The Hall–Kier alpha value is -2.94. The van der Waals surface area contributed by atoms with E-state index < -0.39 is 29.0 Å². The van der Waals surface area contributed by atoms with Gasteiger partial charge in [-0.2, -0.15) is 4.39 Å². The van der Waals surface area contributed by atoms with Crippen LogP contribution in [0.3, 0.4) is 0 Å². The lowest BCUT2D eigenvalue weighted by Crippen LogP contribution is -2.13. The molecule has 0 aliphatic heterocycles. The van der Waals surface area contributed by atoms with Crippen molar-refractivity contribution in [2.75, 3.05) is 13.7 Å². The zero-order valence-electron chi connectivity index (χ0n) is 12.2. The summed E-state index contributed by atoms with van der Waals surface area (Å²) in [6.07, 6.45) is 1.38. The van der Waals surface area contributed by atoms with Crippen molar-refractivity contribution < 1.29 is 28.3 Å². The lowest BCUT2D eigenvalue weighted by molar-refractivity contribution is -0.387. The standard InChI is InChI=1S/C14H10ClFN2O6/c1-22-13(19)7-23-14-11(3-2-4-17-14)24-12-6-10(18(20)21)9(16)5-8(12)15/h2-6H,7H2,1H3. The second-order valence-corrected chi connectivity index (χ2v) is 4.67. The number of nitrogens with zero attached hydrogens (tertiary/aromatic N) is 2. The van der Waals surface area contributed by atoms with Gasteiger partial charge in [0.05, 0.1) is 23.1 Å². The molecule has 0 unspecified atom stereocenters. The maximum atomic E-state index is 13.5. The van der Waals surface area contributed by atoms with Crippen LogP contribution in [0.25, 0.3) is 0 Å². The van der Waals surface area contributed by atoms with Crippen LogP contribution < -0.4 is 9.47 Å². The van der Waals surface area contributed by atoms with Crippen molar-refractivity contribution in [1.82, 2.24) is 4.98 Å². The molecule has 0 aliphatic carbocycles. The third kappa shape index (κ3) is 4.07. The predicted octanol–water partition coefficient (Wildman–Crippen LogP) is 3.13. The summed E-state index contributed by atoms with van der Waals surface area (Å²) in [7, 11) is 1.19. The number of halogens is 2. The zero-order valence-corrected chi connectivity index (χ0v) is 12.9. The normalized spacial score (nSPS) is 10.1. The highest BCUT2D eigenvalue weighted by atomic mass is 35.5. The van der Waals surface area contributed by atoms with Gasteiger partial charge in [0.15, 0.2) is 18.1 Å².